The molecule has 1 aromatic heterocycles. The fourth-order valence-corrected chi connectivity index (χ4v) is 1.58. The molecule has 1 fully saturated rings. The lowest BCUT2D eigenvalue weighted by Gasteiger charge is -2.32. The molecule has 0 saturated heterocycles. The number of nitro groups is 1. The SMILES string of the molecule is CC.O=[N+]([O-])c1ccncc1NC1CC(O)C1. The van der Waals surface area contributed by atoms with E-state index < -0.39 is 4.92 Å². The molecular weight excluding hydrogens is 222 g/mol. The number of nitrogens with one attached hydrogen (secondary N) is 1. The molecule has 1 saturated carbocycles. The number of anilines is 1. The van der Waals surface area contributed by atoms with Gasteiger partial charge in [-0.1, -0.05) is 13.8 Å². The van der Waals surface area contributed by atoms with E-state index in [1.54, 1.807) is 0 Å². The molecule has 17 heavy (non-hydrogen) atoms. The highest BCUT2D eigenvalue weighted by Gasteiger charge is 2.28. The summed E-state index contributed by atoms with van der Waals surface area (Å²) in [5, 5.41) is 22.7. The largest absolute Gasteiger partial charge is 0.393 e. The minimum absolute atomic E-state index is 0.0198. The zero-order valence-electron chi connectivity index (χ0n) is 9.96. The molecule has 1 aromatic rings. The van der Waals surface area contributed by atoms with E-state index in [0.717, 1.165) is 0 Å². The van der Waals surface area contributed by atoms with Gasteiger partial charge in [0.25, 0.3) is 5.69 Å². The summed E-state index contributed by atoms with van der Waals surface area (Å²) in [7, 11) is 0. The Balaban J connectivity index is 0.000000686. The van der Waals surface area contributed by atoms with Crippen molar-refractivity contribution in [2.24, 2.45) is 0 Å². The first-order valence-corrected chi connectivity index (χ1v) is 5.70. The molecule has 2 N–H and O–H groups in total. The summed E-state index contributed by atoms with van der Waals surface area (Å²) in [6.07, 6.45) is 3.80. The Morgan fingerprint density at radius 2 is 2.18 bits per heavy atom. The fraction of sp³-hybridized carbons (Fsp3) is 0.545. The number of rotatable bonds is 3. The third-order valence-electron chi connectivity index (χ3n) is 2.47. The molecule has 6 nitrogen and oxygen atoms in total. The Morgan fingerprint density at radius 3 is 2.71 bits per heavy atom. The third-order valence-corrected chi connectivity index (χ3v) is 2.47. The van der Waals surface area contributed by atoms with Crippen molar-refractivity contribution in [2.75, 3.05) is 5.32 Å². The van der Waals surface area contributed by atoms with Gasteiger partial charge < -0.3 is 10.4 Å². The van der Waals surface area contributed by atoms with Gasteiger partial charge in [-0.15, -0.1) is 0 Å². The summed E-state index contributed by atoms with van der Waals surface area (Å²) in [6, 6.07) is 1.47. The maximum Gasteiger partial charge on any atom is 0.295 e. The van der Waals surface area contributed by atoms with Crippen LogP contribution < -0.4 is 5.32 Å². The second kappa shape index (κ2) is 6.15. The first-order chi connectivity index (χ1) is 8.16. The van der Waals surface area contributed by atoms with Crippen molar-refractivity contribution in [3.63, 3.8) is 0 Å². The van der Waals surface area contributed by atoms with Crippen LogP contribution in [0, 0.1) is 10.1 Å². The Labute approximate surface area is 99.8 Å². The number of aliphatic hydroxyl groups excluding tert-OH is 1. The Bertz CT molecular complexity index is 378. The van der Waals surface area contributed by atoms with Crippen LogP contribution in [0.3, 0.4) is 0 Å². The van der Waals surface area contributed by atoms with E-state index in [1.807, 2.05) is 13.8 Å². The van der Waals surface area contributed by atoms with Gasteiger partial charge in [0.15, 0.2) is 0 Å². The van der Waals surface area contributed by atoms with Crippen molar-refractivity contribution in [3.05, 3.63) is 28.6 Å². The maximum atomic E-state index is 10.7. The van der Waals surface area contributed by atoms with Gasteiger partial charge in [-0.3, -0.25) is 15.1 Å². The molecule has 94 valence electrons. The van der Waals surface area contributed by atoms with E-state index in [2.05, 4.69) is 10.3 Å². The predicted octanol–water partition coefficient (Wildman–Crippen LogP) is 1.95. The Morgan fingerprint density at radius 1 is 1.53 bits per heavy atom. The summed E-state index contributed by atoms with van der Waals surface area (Å²) < 4.78 is 0. The van der Waals surface area contributed by atoms with Gasteiger partial charge >= 0.3 is 0 Å². The molecule has 6 heteroatoms. The quantitative estimate of drug-likeness (QED) is 0.621. The number of aromatic nitrogens is 1. The number of nitrogens with zero attached hydrogens (tertiary/aromatic N) is 2. The van der Waals surface area contributed by atoms with Crippen LogP contribution in [-0.4, -0.2) is 27.2 Å². The van der Waals surface area contributed by atoms with E-state index in [4.69, 9.17) is 5.11 Å². The first-order valence-electron chi connectivity index (χ1n) is 5.70. The average Bonchev–Trinajstić information content (AvgIpc) is 2.30. The second-order valence-electron chi connectivity index (χ2n) is 3.62. The predicted molar refractivity (Wildman–Crippen MR) is 64.9 cm³/mol. The van der Waals surface area contributed by atoms with Gasteiger partial charge in [0.05, 0.1) is 17.2 Å². The van der Waals surface area contributed by atoms with Crippen LogP contribution in [0.4, 0.5) is 11.4 Å². The molecule has 1 aliphatic rings. The lowest BCUT2D eigenvalue weighted by atomic mass is 9.89. The third kappa shape index (κ3) is 3.39. The van der Waals surface area contributed by atoms with Gasteiger partial charge in [-0.05, 0) is 12.8 Å². The molecule has 0 aliphatic heterocycles. The Hall–Kier alpha value is -1.69. The molecule has 0 radical (unpaired) electrons. The van der Waals surface area contributed by atoms with Crippen molar-refractivity contribution in [1.82, 2.24) is 4.98 Å². The minimum atomic E-state index is -0.445. The van der Waals surface area contributed by atoms with Crippen LogP contribution in [0.2, 0.25) is 0 Å². The van der Waals surface area contributed by atoms with Crippen molar-refractivity contribution in [1.29, 1.82) is 0 Å². The first kappa shape index (κ1) is 13.4. The molecule has 2 rings (SSSR count). The normalized spacial score (nSPS) is 21.8. The van der Waals surface area contributed by atoms with Crippen LogP contribution in [0.25, 0.3) is 0 Å². The van der Waals surface area contributed by atoms with Crippen LogP contribution in [0.1, 0.15) is 26.7 Å². The highest BCUT2D eigenvalue weighted by molar-refractivity contribution is 5.60. The number of hydrogen-bond acceptors (Lipinski definition) is 5. The lowest BCUT2D eigenvalue weighted by Crippen LogP contribution is -2.39. The second-order valence-corrected chi connectivity index (χ2v) is 3.62. The molecule has 1 aliphatic carbocycles. The van der Waals surface area contributed by atoms with Gasteiger partial charge in [0.2, 0.25) is 0 Å². The van der Waals surface area contributed by atoms with E-state index in [0.29, 0.717) is 18.5 Å². The highest BCUT2D eigenvalue weighted by atomic mass is 16.6. The summed E-state index contributed by atoms with van der Waals surface area (Å²) in [5.74, 6) is 0. The standard InChI is InChI=1S/C9H11N3O3.C2H6/c13-7-3-6(4-7)11-8-5-10-2-1-9(8)12(14)15;1-2/h1-2,5-7,11,13H,3-4H2;1-2H3. The molecule has 0 spiro atoms. The zero-order valence-corrected chi connectivity index (χ0v) is 9.96. The minimum Gasteiger partial charge on any atom is -0.393 e. The topological polar surface area (TPSA) is 88.3 Å². The van der Waals surface area contributed by atoms with E-state index in [-0.39, 0.29) is 17.8 Å². The Kier molecular flexibility index (Phi) is 4.84. The number of aliphatic hydroxyl groups is 1. The van der Waals surface area contributed by atoms with Gasteiger partial charge in [0, 0.05) is 18.3 Å². The van der Waals surface area contributed by atoms with Crippen molar-refractivity contribution >= 4 is 11.4 Å². The van der Waals surface area contributed by atoms with E-state index in [1.165, 1.54) is 18.5 Å². The fourth-order valence-electron chi connectivity index (χ4n) is 1.58. The summed E-state index contributed by atoms with van der Waals surface area (Å²) >= 11 is 0. The van der Waals surface area contributed by atoms with Gasteiger partial charge in [-0.2, -0.15) is 0 Å². The van der Waals surface area contributed by atoms with Crippen molar-refractivity contribution < 1.29 is 10.0 Å². The van der Waals surface area contributed by atoms with E-state index in [9.17, 15) is 10.1 Å². The maximum absolute atomic E-state index is 10.7. The molecular formula is C11H17N3O3. The molecule has 0 unspecified atom stereocenters. The molecule has 0 atom stereocenters. The molecule has 0 aromatic carbocycles. The zero-order chi connectivity index (χ0) is 12.8. The van der Waals surface area contributed by atoms with E-state index >= 15 is 0 Å². The lowest BCUT2D eigenvalue weighted by molar-refractivity contribution is -0.384. The van der Waals surface area contributed by atoms with Crippen molar-refractivity contribution in [3.8, 4) is 0 Å². The summed E-state index contributed by atoms with van der Waals surface area (Å²) in [5.41, 5.74) is 0.436. The monoisotopic (exact) mass is 239 g/mol. The molecule has 0 bridgehead atoms. The van der Waals surface area contributed by atoms with Gasteiger partial charge in [0.1, 0.15) is 5.69 Å². The van der Waals surface area contributed by atoms with Crippen LogP contribution in [0.5, 0.6) is 0 Å². The van der Waals surface area contributed by atoms with Gasteiger partial charge in [-0.25, -0.2) is 0 Å². The average molecular weight is 239 g/mol. The molecule has 0 amide bonds. The van der Waals surface area contributed by atoms with Crippen molar-refractivity contribution in [2.45, 2.75) is 38.8 Å². The molecule has 1 heterocycles. The summed E-state index contributed by atoms with van der Waals surface area (Å²) in [6.45, 7) is 4.00. The number of hydrogen-bond donors (Lipinski definition) is 2. The highest BCUT2D eigenvalue weighted by Crippen LogP contribution is 2.28. The van der Waals surface area contributed by atoms with Crippen LogP contribution in [0.15, 0.2) is 18.5 Å². The smallest absolute Gasteiger partial charge is 0.295 e. The summed E-state index contributed by atoms with van der Waals surface area (Å²) in [4.78, 5) is 14.0. The van der Waals surface area contributed by atoms with Crippen LogP contribution in [-0.2, 0) is 0 Å². The van der Waals surface area contributed by atoms with Crippen LogP contribution >= 0.6 is 0 Å². The number of pyridine rings is 1.